The van der Waals surface area contributed by atoms with Crippen molar-refractivity contribution in [2.24, 2.45) is 5.10 Å². The Morgan fingerprint density at radius 3 is 3.06 bits per heavy atom. The van der Waals surface area contributed by atoms with Crippen molar-refractivity contribution in [3.63, 3.8) is 0 Å². The first-order valence-electron chi connectivity index (χ1n) is 4.74. The van der Waals surface area contributed by atoms with Gasteiger partial charge in [-0.25, -0.2) is 0 Å². The second-order valence-corrected chi connectivity index (χ2v) is 4.66. The topological polar surface area (TPSA) is 40.2 Å². The SMILES string of the molecule is CSC(=S)NN=Cc1cc2ccccc2[nH]1. The fraction of sp³-hybridized carbons (Fsp3) is 0.0909. The van der Waals surface area contributed by atoms with E-state index in [9.17, 15) is 0 Å². The minimum absolute atomic E-state index is 0.660. The number of thioether (sulfide) groups is 1. The third-order valence-corrected chi connectivity index (χ3v) is 3.15. The molecule has 0 aliphatic rings. The first-order chi connectivity index (χ1) is 7.79. The Morgan fingerprint density at radius 2 is 2.31 bits per heavy atom. The molecule has 2 rings (SSSR count). The molecule has 0 spiro atoms. The van der Waals surface area contributed by atoms with Crippen LogP contribution in [0.25, 0.3) is 10.9 Å². The summed E-state index contributed by atoms with van der Waals surface area (Å²) in [6, 6.07) is 10.2. The molecule has 1 aromatic heterocycles. The van der Waals surface area contributed by atoms with Crippen LogP contribution in [0.5, 0.6) is 0 Å². The lowest BCUT2D eigenvalue weighted by Crippen LogP contribution is -2.10. The lowest BCUT2D eigenvalue weighted by molar-refractivity contribution is 1.07. The van der Waals surface area contributed by atoms with Crippen LogP contribution in [-0.4, -0.2) is 21.8 Å². The summed E-state index contributed by atoms with van der Waals surface area (Å²) in [7, 11) is 0. The van der Waals surface area contributed by atoms with Gasteiger partial charge in [-0.15, -0.1) is 0 Å². The third kappa shape index (κ3) is 2.62. The highest BCUT2D eigenvalue weighted by atomic mass is 32.2. The summed E-state index contributed by atoms with van der Waals surface area (Å²) in [6.07, 6.45) is 3.64. The van der Waals surface area contributed by atoms with Crippen LogP contribution in [0.2, 0.25) is 0 Å². The molecule has 0 radical (unpaired) electrons. The molecular formula is C11H11N3S2. The minimum atomic E-state index is 0.660. The zero-order chi connectivity index (χ0) is 11.4. The molecule has 5 heteroatoms. The van der Waals surface area contributed by atoms with Crippen molar-refractivity contribution >= 4 is 45.4 Å². The molecule has 3 nitrogen and oxygen atoms in total. The molecule has 82 valence electrons. The van der Waals surface area contributed by atoms with Gasteiger partial charge in [-0.1, -0.05) is 42.2 Å². The van der Waals surface area contributed by atoms with Gasteiger partial charge in [0.05, 0.1) is 11.9 Å². The van der Waals surface area contributed by atoms with Crippen LogP contribution >= 0.6 is 24.0 Å². The molecular weight excluding hydrogens is 238 g/mol. The molecule has 2 N–H and O–H groups in total. The normalized spacial score (nSPS) is 11.1. The number of nitrogens with zero attached hydrogens (tertiary/aromatic N) is 1. The van der Waals surface area contributed by atoms with Gasteiger partial charge in [0.15, 0.2) is 4.32 Å². The van der Waals surface area contributed by atoms with E-state index in [0.29, 0.717) is 4.32 Å². The standard InChI is InChI=1S/C11H11N3S2/c1-16-11(15)14-12-7-9-6-8-4-2-3-5-10(8)13-9/h2-7,13H,1H3,(H,14,15). The summed E-state index contributed by atoms with van der Waals surface area (Å²) in [5, 5.41) is 5.22. The zero-order valence-corrected chi connectivity index (χ0v) is 10.4. The Kier molecular flexibility index (Phi) is 3.58. The number of nitrogens with one attached hydrogen (secondary N) is 2. The van der Waals surface area contributed by atoms with E-state index >= 15 is 0 Å². The van der Waals surface area contributed by atoms with E-state index in [1.165, 1.54) is 17.1 Å². The van der Waals surface area contributed by atoms with E-state index in [4.69, 9.17) is 12.2 Å². The van der Waals surface area contributed by atoms with Crippen LogP contribution in [-0.2, 0) is 0 Å². The lowest BCUT2D eigenvalue weighted by Gasteiger charge is -1.95. The summed E-state index contributed by atoms with van der Waals surface area (Å²) in [6.45, 7) is 0. The lowest BCUT2D eigenvalue weighted by atomic mass is 10.2. The van der Waals surface area contributed by atoms with Crippen LogP contribution in [0.4, 0.5) is 0 Å². The Labute approximate surface area is 103 Å². The number of aromatic nitrogens is 1. The average Bonchev–Trinajstić information content (AvgIpc) is 2.71. The number of hydrazone groups is 1. The van der Waals surface area contributed by atoms with E-state index < -0.39 is 0 Å². The Hall–Kier alpha value is -1.33. The molecule has 2 aromatic rings. The number of H-pyrrole nitrogens is 1. The van der Waals surface area contributed by atoms with Crippen LogP contribution in [0, 0.1) is 0 Å². The number of fused-ring (bicyclic) bond motifs is 1. The van der Waals surface area contributed by atoms with Crippen molar-refractivity contribution in [1.82, 2.24) is 10.4 Å². The highest BCUT2D eigenvalue weighted by Crippen LogP contribution is 2.13. The molecule has 16 heavy (non-hydrogen) atoms. The fourth-order valence-corrected chi connectivity index (χ4v) is 1.56. The van der Waals surface area contributed by atoms with Crippen molar-refractivity contribution in [3.8, 4) is 0 Å². The van der Waals surface area contributed by atoms with Gasteiger partial charge in [0.1, 0.15) is 0 Å². The van der Waals surface area contributed by atoms with Crippen molar-refractivity contribution in [1.29, 1.82) is 0 Å². The average molecular weight is 249 g/mol. The fourth-order valence-electron chi connectivity index (χ4n) is 1.37. The first kappa shape index (κ1) is 11.2. The number of para-hydroxylation sites is 1. The molecule has 0 aliphatic heterocycles. The van der Waals surface area contributed by atoms with Gasteiger partial charge in [-0.05, 0) is 18.4 Å². The maximum Gasteiger partial charge on any atom is 0.153 e. The smallest absolute Gasteiger partial charge is 0.153 e. The molecule has 0 unspecified atom stereocenters. The number of benzene rings is 1. The molecule has 0 bridgehead atoms. The summed E-state index contributed by atoms with van der Waals surface area (Å²) in [5.74, 6) is 0. The quantitative estimate of drug-likeness (QED) is 0.488. The number of hydrogen-bond donors (Lipinski definition) is 2. The van der Waals surface area contributed by atoms with Gasteiger partial charge >= 0.3 is 0 Å². The van der Waals surface area contributed by atoms with Gasteiger partial charge in [0, 0.05) is 10.9 Å². The Bertz CT molecular complexity index is 498. The second kappa shape index (κ2) is 5.14. The summed E-state index contributed by atoms with van der Waals surface area (Å²) in [5.41, 5.74) is 4.83. The van der Waals surface area contributed by atoms with E-state index in [1.807, 2.05) is 30.5 Å². The molecule has 0 amide bonds. The van der Waals surface area contributed by atoms with Crippen LogP contribution in [0.1, 0.15) is 5.69 Å². The van der Waals surface area contributed by atoms with Crippen LogP contribution in [0.3, 0.4) is 0 Å². The molecule has 1 heterocycles. The molecule has 0 saturated heterocycles. The van der Waals surface area contributed by atoms with Crippen LogP contribution in [0.15, 0.2) is 35.4 Å². The monoisotopic (exact) mass is 249 g/mol. The number of rotatable bonds is 2. The van der Waals surface area contributed by atoms with Crippen LogP contribution < -0.4 is 5.43 Å². The molecule has 0 fully saturated rings. The van der Waals surface area contributed by atoms with E-state index in [2.05, 4.69) is 21.6 Å². The van der Waals surface area contributed by atoms with Gasteiger partial charge in [0.2, 0.25) is 0 Å². The molecule has 0 atom stereocenters. The van der Waals surface area contributed by atoms with E-state index in [-0.39, 0.29) is 0 Å². The zero-order valence-electron chi connectivity index (χ0n) is 8.73. The largest absolute Gasteiger partial charge is 0.354 e. The van der Waals surface area contributed by atoms with Crippen molar-refractivity contribution in [2.45, 2.75) is 0 Å². The summed E-state index contributed by atoms with van der Waals surface area (Å²) in [4.78, 5) is 3.25. The third-order valence-electron chi connectivity index (χ3n) is 2.10. The van der Waals surface area contributed by atoms with Crippen molar-refractivity contribution < 1.29 is 0 Å². The maximum atomic E-state index is 4.96. The number of aromatic amines is 1. The summed E-state index contributed by atoms with van der Waals surface area (Å²) < 4.78 is 0.660. The predicted octanol–water partition coefficient (Wildman–Crippen LogP) is 2.74. The van der Waals surface area contributed by atoms with Crippen molar-refractivity contribution in [2.75, 3.05) is 6.26 Å². The second-order valence-electron chi connectivity index (χ2n) is 3.17. The van der Waals surface area contributed by atoms with E-state index in [1.54, 1.807) is 6.21 Å². The van der Waals surface area contributed by atoms with Gasteiger partial charge in [-0.2, -0.15) is 5.10 Å². The highest BCUT2D eigenvalue weighted by molar-refractivity contribution is 8.22. The first-order valence-corrected chi connectivity index (χ1v) is 6.37. The molecule has 1 aromatic carbocycles. The van der Waals surface area contributed by atoms with Gasteiger partial charge < -0.3 is 4.98 Å². The minimum Gasteiger partial charge on any atom is -0.354 e. The highest BCUT2D eigenvalue weighted by Gasteiger charge is 1.96. The Morgan fingerprint density at radius 1 is 1.50 bits per heavy atom. The molecule has 0 saturated carbocycles. The number of thiocarbonyl (C=S) groups is 1. The van der Waals surface area contributed by atoms with Gasteiger partial charge in [-0.3, -0.25) is 5.43 Å². The summed E-state index contributed by atoms with van der Waals surface area (Å²) >= 11 is 6.42. The van der Waals surface area contributed by atoms with Crippen molar-refractivity contribution in [3.05, 3.63) is 36.0 Å². The molecule has 0 aliphatic carbocycles. The maximum absolute atomic E-state index is 4.96. The Balaban J connectivity index is 2.12. The van der Waals surface area contributed by atoms with E-state index in [0.717, 1.165) is 11.2 Å². The van der Waals surface area contributed by atoms with Gasteiger partial charge in [0.25, 0.3) is 0 Å². The number of hydrogen-bond acceptors (Lipinski definition) is 3. The predicted molar refractivity (Wildman–Crippen MR) is 75.1 cm³/mol.